The Labute approximate surface area is 119 Å². The Morgan fingerprint density at radius 2 is 2.05 bits per heavy atom. The molecule has 1 saturated carbocycles. The Morgan fingerprint density at radius 3 is 2.63 bits per heavy atom. The summed E-state index contributed by atoms with van der Waals surface area (Å²) in [5.74, 6) is 2.59. The molecule has 2 rings (SSSR count). The van der Waals surface area contributed by atoms with Crippen LogP contribution in [0, 0.1) is 5.92 Å². The average Bonchev–Trinajstić information content (AvgIpc) is 3.19. The highest BCUT2D eigenvalue weighted by Crippen LogP contribution is 2.37. The van der Waals surface area contributed by atoms with E-state index in [2.05, 4.69) is 12.2 Å². The van der Waals surface area contributed by atoms with Gasteiger partial charge in [0.15, 0.2) is 0 Å². The van der Waals surface area contributed by atoms with E-state index in [1.807, 2.05) is 23.6 Å². The summed E-state index contributed by atoms with van der Waals surface area (Å²) in [7, 11) is 0. The fourth-order valence-corrected chi connectivity index (χ4v) is 3.33. The summed E-state index contributed by atoms with van der Waals surface area (Å²) in [4.78, 5) is 26.6. The van der Waals surface area contributed by atoms with Crippen LogP contribution in [0.25, 0.3) is 0 Å². The Hall–Kier alpha value is -0.710. The van der Waals surface area contributed by atoms with Gasteiger partial charge in [-0.25, -0.2) is 0 Å². The highest BCUT2D eigenvalue weighted by Gasteiger charge is 2.47. The van der Waals surface area contributed by atoms with Crippen LogP contribution in [0.1, 0.15) is 39.5 Å². The molecule has 5 heteroatoms. The van der Waals surface area contributed by atoms with Crippen LogP contribution in [0.5, 0.6) is 0 Å². The second-order valence-electron chi connectivity index (χ2n) is 5.36. The van der Waals surface area contributed by atoms with Crippen LogP contribution >= 0.6 is 11.8 Å². The number of carbonyl (C=O) groups excluding carboxylic acids is 2. The Balaban J connectivity index is 2.05. The molecule has 2 aliphatic rings. The first kappa shape index (κ1) is 14.7. The molecular weight excluding hydrogens is 260 g/mol. The largest absolute Gasteiger partial charge is 0.342 e. The van der Waals surface area contributed by atoms with Crippen molar-refractivity contribution in [3.63, 3.8) is 0 Å². The zero-order chi connectivity index (χ0) is 13.8. The van der Waals surface area contributed by atoms with Crippen LogP contribution in [0.15, 0.2) is 0 Å². The maximum Gasteiger partial charge on any atom is 0.245 e. The van der Waals surface area contributed by atoms with Gasteiger partial charge in [0.1, 0.15) is 12.1 Å². The van der Waals surface area contributed by atoms with Crippen LogP contribution < -0.4 is 5.32 Å². The predicted octanol–water partition coefficient (Wildman–Crippen LogP) is 1.65. The van der Waals surface area contributed by atoms with Crippen molar-refractivity contribution in [3.8, 4) is 0 Å². The van der Waals surface area contributed by atoms with Gasteiger partial charge >= 0.3 is 0 Å². The van der Waals surface area contributed by atoms with E-state index in [0.717, 1.165) is 37.2 Å². The van der Waals surface area contributed by atoms with E-state index in [1.54, 1.807) is 0 Å². The summed E-state index contributed by atoms with van der Waals surface area (Å²) < 4.78 is 0. The van der Waals surface area contributed by atoms with Gasteiger partial charge in [-0.3, -0.25) is 9.59 Å². The Bertz CT molecular complexity index is 344. The number of piperazine rings is 1. The molecule has 1 heterocycles. The lowest BCUT2D eigenvalue weighted by Gasteiger charge is -2.39. The molecule has 1 N–H and O–H groups in total. The third-order valence-electron chi connectivity index (χ3n) is 3.83. The van der Waals surface area contributed by atoms with Gasteiger partial charge in [0.2, 0.25) is 11.8 Å². The van der Waals surface area contributed by atoms with Crippen LogP contribution in [-0.4, -0.2) is 46.8 Å². The van der Waals surface area contributed by atoms with Crippen molar-refractivity contribution in [2.45, 2.75) is 51.6 Å². The predicted molar refractivity (Wildman–Crippen MR) is 78.1 cm³/mol. The minimum atomic E-state index is -0.292. The zero-order valence-corrected chi connectivity index (χ0v) is 12.7. The van der Waals surface area contributed by atoms with E-state index >= 15 is 0 Å². The van der Waals surface area contributed by atoms with Gasteiger partial charge in [-0.1, -0.05) is 20.3 Å². The molecule has 2 unspecified atom stereocenters. The molecule has 1 aliphatic carbocycles. The summed E-state index contributed by atoms with van der Waals surface area (Å²) >= 11 is 1.83. The Kier molecular flexibility index (Phi) is 5.13. The number of carbonyl (C=O) groups is 2. The number of hydrogen-bond donors (Lipinski definition) is 1. The van der Waals surface area contributed by atoms with Gasteiger partial charge in [0.05, 0.1) is 0 Å². The smallest absolute Gasteiger partial charge is 0.245 e. The van der Waals surface area contributed by atoms with Crippen LogP contribution in [0.3, 0.4) is 0 Å². The number of nitrogens with one attached hydrogen (secondary N) is 1. The highest BCUT2D eigenvalue weighted by molar-refractivity contribution is 7.99. The zero-order valence-electron chi connectivity index (χ0n) is 11.9. The van der Waals surface area contributed by atoms with E-state index in [4.69, 9.17) is 0 Å². The summed E-state index contributed by atoms with van der Waals surface area (Å²) in [6.45, 7) is 4.88. The van der Waals surface area contributed by atoms with Crippen LogP contribution in [0.2, 0.25) is 0 Å². The van der Waals surface area contributed by atoms with Crippen molar-refractivity contribution < 1.29 is 9.59 Å². The molecule has 0 aromatic heterocycles. The van der Waals surface area contributed by atoms with Gasteiger partial charge in [-0.15, -0.1) is 0 Å². The number of thioether (sulfide) groups is 1. The first-order chi connectivity index (χ1) is 9.19. The molecule has 0 bridgehead atoms. The number of rotatable bonds is 7. The highest BCUT2D eigenvalue weighted by atomic mass is 32.2. The van der Waals surface area contributed by atoms with Crippen molar-refractivity contribution in [1.82, 2.24) is 10.2 Å². The summed E-state index contributed by atoms with van der Waals surface area (Å²) in [6.07, 6.45) is 3.84. The molecule has 2 atom stereocenters. The second kappa shape index (κ2) is 6.64. The van der Waals surface area contributed by atoms with Crippen molar-refractivity contribution in [2.75, 3.05) is 18.1 Å². The normalized spacial score (nSPS) is 27.6. The monoisotopic (exact) mass is 284 g/mol. The average molecular weight is 284 g/mol. The fraction of sp³-hybridized carbons (Fsp3) is 0.857. The molecule has 0 aromatic rings. The molecule has 0 aromatic carbocycles. The standard InChI is InChI=1S/C14H24N2O2S/c1-3-5-11-14(18)16(8-9-19-4-2)12(10-6-7-10)13(17)15-11/h10-12H,3-9H2,1-2H3,(H,15,17). The van der Waals surface area contributed by atoms with Gasteiger partial charge in [-0.05, 0) is 30.9 Å². The van der Waals surface area contributed by atoms with Crippen molar-refractivity contribution in [1.29, 1.82) is 0 Å². The van der Waals surface area contributed by atoms with Gasteiger partial charge in [0.25, 0.3) is 0 Å². The molecule has 1 aliphatic heterocycles. The minimum absolute atomic E-state index is 0.0713. The van der Waals surface area contributed by atoms with Gasteiger partial charge in [-0.2, -0.15) is 11.8 Å². The lowest BCUT2D eigenvalue weighted by atomic mass is 10.0. The summed E-state index contributed by atoms with van der Waals surface area (Å²) in [6, 6.07) is -0.489. The van der Waals surface area contributed by atoms with Crippen molar-refractivity contribution in [3.05, 3.63) is 0 Å². The molecule has 4 nitrogen and oxygen atoms in total. The third-order valence-corrected chi connectivity index (χ3v) is 4.71. The molecule has 2 fully saturated rings. The molecular formula is C14H24N2O2S. The Morgan fingerprint density at radius 1 is 1.32 bits per heavy atom. The molecule has 0 spiro atoms. The second-order valence-corrected chi connectivity index (χ2v) is 6.75. The minimum Gasteiger partial charge on any atom is -0.342 e. The van der Waals surface area contributed by atoms with E-state index in [0.29, 0.717) is 12.5 Å². The van der Waals surface area contributed by atoms with E-state index in [1.165, 1.54) is 0 Å². The first-order valence-corrected chi connectivity index (χ1v) is 8.53. The van der Waals surface area contributed by atoms with Crippen LogP contribution in [-0.2, 0) is 9.59 Å². The molecule has 1 saturated heterocycles. The van der Waals surface area contributed by atoms with Gasteiger partial charge < -0.3 is 10.2 Å². The molecule has 2 amide bonds. The van der Waals surface area contributed by atoms with Crippen molar-refractivity contribution in [2.24, 2.45) is 5.92 Å². The fourth-order valence-electron chi connectivity index (χ4n) is 2.72. The summed E-state index contributed by atoms with van der Waals surface area (Å²) in [5.41, 5.74) is 0. The maximum atomic E-state index is 12.5. The topological polar surface area (TPSA) is 49.4 Å². The van der Waals surface area contributed by atoms with Crippen LogP contribution in [0.4, 0.5) is 0 Å². The van der Waals surface area contributed by atoms with E-state index < -0.39 is 0 Å². The first-order valence-electron chi connectivity index (χ1n) is 7.37. The van der Waals surface area contributed by atoms with Crippen molar-refractivity contribution >= 4 is 23.6 Å². The summed E-state index contributed by atoms with van der Waals surface area (Å²) in [5, 5.41) is 2.92. The maximum absolute atomic E-state index is 12.5. The van der Waals surface area contributed by atoms with E-state index in [-0.39, 0.29) is 23.9 Å². The number of hydrogen-bond acceptors (Lipinski definition) is 3. The number of nitrogens with zero attached hydrogens (tertiary/aromatic N) is 1. The number of amides is 2. The molecule has 108 valence electrons. The lowest BCUT2D eigenvalue weighted by Crippen LogP contribution is -2.64. The quantitative estimate of drug-likeness (QED) is 0.723. The third kappa shape index (κ3) is 3.44. The van der Waals surface area contributed by atoms with E-state index in [9.17, 15) is 9.59 Å². The molecule has 19 heavy (non-hydrogen) atoms. The van der Waals surface area contributed by atoms with Gasteiger partial charge in [0, 0.05) is 12.3 Å². The lowest BCUT2D eigenvalue weighted by molar-refractivity contribution is -0.150. The SMILES string of the molecule is CCCC1NC(=O)C(C2CC2)N(CCSCC)C1=O. The molecule has 0 radical (unpaired) electrons.